The molecule has 21 heavy (non-hydrogen) atoms. The molecule has 1 aromatic rings. The smallest absolute Gasteiger partial charge is 0.222 e. The van der Waals surface area contributed by atoms with Crippen molar-refractivity contribution in [2.75, 3.05) is 39.3 Å². The van der Waals surface area contributed by atoms with Crippen LogP contribution in [0.25, 0.3) is 0 Å². The Balaban J connectivity index is 1.41. The van der Waals surface area contributed by atoms with E-state index in [-0.39, 0.29) is 0 Å². The molecule has 2 fully saturated rings. The predicted molar refractivity (Wildman–Crippen MR) is 80.8 cm³/mol. The Morgan fingerprint density at radius 3 is 2.86 bits per heavy atom. The van der Waals surface area contributed by atoms with Gasteiger partial charge in [0.05, 0.1) is 12.8 Å². The van der Waals surface area contributed by atoms with Crippen molar-refractivity contribution in [1.82, 2.24) is 15.1 Å². The summed E-state index contributed by atoms with van der Waals surface area (Å²) in [6.07, 6.45) is 4.82. The second-order valence-electron chi connectivity index (χ2n) is 6.15. The summed E-state index contributed by atoms with van der Waals surface area (Å²) in [5.74, 6) is 1.87. The summed E-state index contributed by atoms with van der Waals surface area (Å²) >= 11 is 0. The topological polar surface area (TPSA) is 48.7 Å². The van der Waals surface area contributed by atoms with Gasteiger partial charge in [-0.25, -0.2) is 0 Å². The van der Waals surface area contributed by atoms with Gasteiger partial charge in [0.15, 0.2) is 0 Å². The lowest BCUT2D eigenvalue weighted by molar-refractivity contribution is -0.134. The van der Waals surface area contributed by atoms with E-state index in [0.717, 1.165) is 51.6 Å². The number of piperidine rings is 1. The number of carbonyl (C=O) groups is 1. The molecule has 0 aliphatic carbocycles. The highest BCUT2D eigenvalue weighted by Crippen LogP contribution is 2.16. The fourth-order valence-corrected chi connectivity index (χ4v) is 3.25. The number of hydrogen-bond acceptors (Lipinski definition) is 4. The number of rotatable bonds is 4. The van der Waals surface area contributed by atoms with Gasteiger partial charge in [0.1, 0.15) is 5.76 Å². The molecular weight excluding hydrogens is 266 g/mol. The van der Waals surface area contributed by atoms with E-state index in [1.54, 1.807) is 6.26 Å². The van der Waals surface area contributed by atoms with Crippen molar-refractivity contribution in [2.45, 2.75) is 25.8 Å². The Labute approximate surface area is 126 Å². The first-order valence-electron chi connectivity index (χ1n) is 8.04. The van der Waals surface area contributed by atoms with Crippen molar-refractivity contribution in [3.63, 3.8) is 0 Å². The zero-order chi connectivity index (χ0) is 14.5. The standard InChI is InChI=1S/C16H25N3O2/c20-16(11-14-3-1-5-17-12-14)19-8-6-18(7-9-19)13-15-4-2-10-21-15/h2,4,10,14,17H,1,3,5-9,11-13H2. The second-order valence-corrected chi connectivity index (χ2v) is 6.15. The molecule has 2 aliphatic rings. The lowest BCUT2D eigenvalue weighted by atomic mass is 9.95. The van der Waals surface area contributed by atoms with Gasteiger partial charge in [0, 0.05) is 32.6 Å². The van der Waals surface area contributed by atoms with E-state index in [0.29, 0.717) is 18.2 Å². The maximum absolute atomic E-state index is 12.4. The van der Waals surface area contributed by atoms with Gasteiger partial charge in [-0.05, 0) is 44.0 Å². The van der Waals surface area contributed by atoms with Crippen LogP contribution in [-0.2, 0) is 11.3 Å². The average molecular weight is 291 g/mol. The van der Waals surface area contributed by atoms with Crippen LogP contribution in [-0.4, -0.2) is 55.0 Å². The van der Waals surface area contributed by atoms with E-state index in [4.69, 9.17) is 4.42 Å². The fraction of sp³-hybridized carbons (Fsp3) is 0.688. The fourth-order valence-electron chi connectivity index (χ4n) is 3.25. The van der Waals surface area contributed by atoms with Gasteiger partial charge in [0.25, 0.3) is 0 Å². The molecule has 0 bridgehead atoms. The van der Waals surface area contributed by atoms with Crippen molar-refractivity contribution in [3.05, 3.63) is 24.2 Å². The highest BCUT2D eigenvalue weighted by atomic mass is 16.3. The number of hydrogen-bond donors (Lipinski definition) is 1. The maximum atomic E-state index is 12.4. The first-order valence-corrected chi connectivity index (χ1v) is 8.04. The first-order chi connectivity index (χ1) is 10.3. The van der Waals surface area contributed by atoms with Crippen LogP contribution in [0, 0.1) is 5.92 Å². The predicted octanol–water partition coefficient (Wildman–Crippen LogP) is 1.31. The number of piperazine rings is 1. The van der Waals surface area contributed by atoms with Crippen LogP contribution in [0.15, 0.2) is 22.8 Å². The molecule has 1 atom stereocenters. The normalized spacial score (nSPS) is 24.2. The van der Waals surface area contributed by atoms with E-state index in [9.17, 15) is 4.79 Å². The van der Waals surface area contributed by atoms with Crippen molar-refractivity contribution in [3.8, 4) is 0 Å². The summed E-state index contributed by atoms with van der Waals surface area (Å²) in [7, 11) is 0. The van der Waals surface area contributed by atoms with Gasteiger partial charge >= 0.3 is 0 Å². The highest BCUT2D eigenvalue weighted by molar-refractivity contribution is 5.76. The third-order valence-corrected chi connectivity index (χ3v) is 4.55. The molecule has 1 aromatic heterocycles. The number of nitrogens with one attached hydrogen (secondary N) is 1. The SMILES string of the molecule is O=C(CC1CCCNC1)N1CCN(Cc2ccco2)CC1. The average Bonchev–Trinajstić information content (AvgIpc) is 3.02. The zero-order valence-corrected chi connectivity index (χ0v) is 12.6. The van der Waals surface area contributed by atoms with Gasteiger partial charge < -0.3 is 14.6 Å². The monoisotopic (exact) mass is 291 g/mol. The summed E-state index contributed by atoms with van der Waals surface area (Å²) in [5.41, 5.74) is 0. The summed E-state index contributed by atoms with van der Waals surface area (Å²) in [6, 6.07) is 3.93. The molecule has 5 heteroatoms. The van der Waals surface area contributed by atoms with Crippen LogP contribution in [0.3, 0.4) is 0 Å². The summed E-state index contributed by atoms with van der Waals surface area (Å²) in [4.78, 5) is 16.7. The summed E-state index contributed by atoms with van der Waals surface area (Å²) in [5, 5.41) is 3.39. The molecule has 0 spiro atoms. The third-order valence-electron chi connectivity index (χ3n) is 4.55. The van der Waals surface area contributed by atoms with E-state index in [1.165, 1.54) is 12.8 Å². The lowest BCUT2D eigenvalue weighted by Crippen LogP contribution is -2.49. The molecule has 2 aliphatic heterocycles. The molecule has 0 radical (unpaired) electrons. The van der Waals surface area contributed by atoms with Crippen molar-refractivity contribution < 1.29 is 9.21 Å². The molecule has 0 saturated carbocycles. The lowest BCUT2D eigenvalue weighted by Gasteiger charge is -2.35. The van der Waals surface area contributed by atoms with E-state index in [2.05, 4.69) is 10.2 Å². The Morgan fingerprint density at radius 2 is 2.19 bits per heavy atom. The van der Waals surface area contributed by atoms with Crippen LogP contribution in [0.5, 0.6) is 0 Å². The van der Waals surface area contributed by atoms with Crippen molar-refractivity contribution in [2.24, 2.45) is 5.92 Å². The molecule has 1 N–H and O–H groups in total. The third kappa shape index (κ3) is 4.08. The minimum Gasteiger partial charge on any atom is -0.468 e. The number of furan rings is 1. The Kier molecular flexibility index (Phi) is 4.93. The Morgan fingerprint density at radius 1 is 1.33 bits per heavy atom. The van der Waals surface area contributed by atoms with Crippen LogP contribution >= 0.6 is 0 Å². The molecule has 1 amide bonds. The molecule has 2 saturated heterocycles. The first kappa shape index (κ1) is 14.6. The van der Waals surface area contributed by atoms with Gasteiger partial charge in [-0.1, -0.05) is 0 Å². The minimum atomic E-state index is 0.335. The van der Waals surface area contributed by atoms with Crippen LogP contribution in [0.2, 0.25) is 0 Å². The van der Waals surface area contributed by atoms with Crippen molar-refractivity contribution >= 4 is 5.91 Å². The van der Waals surface area contributed by atoms with Crippen LogP contribution < -0.4 is 5.32 Å². The van der Waals surface area contributed by atoms with Gasteiger partial charge in [-0.15, -0.1) is 0 Å². The van der Waals surface area contributed by atoms with Gasteiger partial charge in [-0.3, -0.25) is 9.69 Å². The minimum absolute atomic E-state index is 0.335. The Bertz CT molecular complexity index is 432. The second kappa shape index (κ2) is 7.09. The van der Waals surface area contributed by atoms with Crippen molar-refractivity contribution in [1.29, 1.82) is 0 Å². The quantitative estimate of drug-likeness (QED) is 0.909. The molecule has 5 nitrogen and oxygen atoms in total. The maximum Gasteiger partial charge on any atom is 0.222 e. The number of carbonyl (C=O) groups excluding carboxylic acids is 1. The van der Waals surface area contributed by atoms with Crippen LogP contribution in [0.4, 0.5) is 0 Å². The molecule has 3 heterocycles. The van der Waals surface area contributed by atoms with Crippen LogP contribution in [0.1, 0.15) is 25.0 Å². The molecule has 1 unspecified atom stereocenters. The van der Waals surface area contributed by atoms with Gasteiger partial charge in [0.2, 0.25) is 5.91 Å². The Hall–Kier alpha value is -1.33. The van der Waals surface area contributed by atoms with E-state index in [1.807, 2.05) is 17.0 Å². The summed E-state index contributed by atoms with van der Waals surface area (Å²) in [6.45, 7) is 6.53. The molecule has 116 valence electrons. The largest absolute Gasteiger partial charge is 0.468 e. The molecule has 3 rings (SSSR count). The summed E-state index contributed by atoms with van der Waals surface area (Å²) < 4.78 is 5.38. The number of nitrogens with zero attached hydrogens (tertiary/aromatic N) is 2. The number of amides is 1. The van der Waals surface area contributed by atoms with E-state index < -0.39 is 0 Å². The van der Waals surface area contributed by atoms with E-state index >= 15 is 0 Å². The highest BCUT2D eigenvalue weighted by Gasteiger charge is 2.24. The molecule has 0 aromatic carbocycles. The molecular formula is C16H25N3O2. The zero-order valence-electron chi connectivity index (χ0n) is 12.6. The van der Waals surface area contributed by atoms with Gasteiger partial charge in [-0.2, -0.15) is 0 Å².